The topological polar surface area (TPSA) is 41.7 Å². The minimum absolute atomic E-state index is 0.227. The van der Waals surface area contributed by atoms with E-state index >= 15 is 0 Å². The average molecular weight is 343 g/mol. The van der Waals surface area contributed by atoms with E-state index in [2.05, 4.69) is 29.0 Å². The van der Waals surface area contributed by atoms with Crippen molar-refractivity contribution in [1.29, 1.82) is 0 Å². The molecule has 1 fully saturated rings. The maximum absolute atomic E-state index is 13.6. The van der Waals surface area contributed by atoms with Gasteiger partial charge in [0.2, 0.25) is 0 Å². The van der Waals surface area contributed by atoms with E-state index in [0.29, 0.717) is 12.1 Å². The number of piperazine rings is 1. The highest BCUT2D eigenvalue weighted by atomic mass is 19.1. The fourth-order valence-corrected chi connectivity index (χ4v) is 3.19. The summed E-state index contributed by atoms with van der Waals surface area (Å²) in [5.74, 6) is 0.499. The van der Waals surface area contributed by atoms with Crippen LogP contribution in [0.15, 0.2) is 48.5 Å². The molecule has 0 bridgehead atoms. The van der Waals surface area contributed by atoms with Crippen molar-refractivity contribution in [2.45, 2.75) is 12.6 Å². The lowest BCUT2D eigenvalue weighted by Crippen LogP contribution is -2.47. The molecule has 0 amide bonds. The molecule has 0 spiro atoms. The van der Waals surface area contributed by atoms with Crippen molar-refractivity contribution < 1.29 is 9.13 Å². The molecule has 2 N–H and O–H groups in total. The van der Waals surface area contributed by atoms with Crippen molar-refractivity contribution in [3.8, 4) is 5.75 Å². The molecule has 1 atom stereocenters. The maximum atomic E-state index is 13.6. The van der Waals surface area contributed by atoms with E-state index in [4.69, 9.17) is 10.5 Å². The zero-order valence-corrected chi connectivity index (χ0v) is 14.7. The lowest BCUT2D eigenvalue weighted by atomic mass is 10.0. The van der Waals surface area contributed by atoms with Crippen LogP contribution in [0.25, 0.3) is 0 Å². The van der Waals surface area contributed by atoms with Crippen LogP contribution in [0, 0.1) is 5.82 Å². The second-order valence-corrected chi connectivity index (χ2v) is 6.54. The van der Waals surface area contributed by atoms with Gasteiger partial charge >= 0.3 is 0 Å². The summed E-state index contributed by atoms with van der Waals surface area (Å²) in [4.78, 5) is 4.78. The lowest BCUT2D eigenvalue weighted by molar-refractivity contribution is 0.114. The summed E-state index contributed by atoms with van der Waals surface area (Å²) < 4.78 is 19.3. The number of benzene rings is 2. The molecule has 1 unspecified atom stereocenters. The Morgan fingerprint density at radius 1 is 1.04 bits per heavy atom. The molecule has 134 valence electrons. The second-order valence-electron chi connectivity index (χ2n) is 6.54. The van der Waals surface area contributed by atoms with Gasteiger partial charge in [0, 0.05) is 44.3 Å². The standard InChI is InChI=1S/C20H26FN3O/c1-23-10-12-24(13-11-23)20(14-22)16-6-8-18(9-7-16)25-15-17-4-2-3-5-19(17)21/h2-9,20H,10-15,22H2,1H3. The van der Waals surface area contributed by atoms with E-state index in [1.165, 1.54) is 11.6 Å². The molecule has 5 heteroatoms. The minimum Gasteiger partial charge on any atom is -0.489 e. The Balaban J connectivity index is 1.61. The third kappa shape index (κ3) is 4.57. The van der Waals surface area contributed by atoms with Crippen LogP contribution in [0.3, 0.4) is 0 Å². The van der Waals surface area contributed by atoms with Crippen LogP contribution >= 0.6 is 0 Å². The molecular weight excluding hydrogens is 317 g/mol. The monoisotopic (exact) mass is 343 g/mol. The van der Waals surface area contributed by atoms with E-state index in [-0.39, 0.29) is 18.5 Å². The van der Waals surface area contributed by atoms with Gasteiger partial charge in [-0.3, -0.25) is 4.90 Å². The molecule has 1 saturated heterocycles. The summed E-state index contributed by atoms with van der Waals surface area (Å²) in [6.45, 7) is 5.03. The molecule has 1 aliphatic heterocycles. The van der Waals surface area contributed by atoms with Crippen molar-refractivity contribution in [2.75, 3.05) is 39.8 Å². The fourth-order valence-electron chi connectivity index (χ4n) is 3.19. The van der Waals surface area contributed by atoms with Crippen LogP contribution in [0.2, 0.25) is 0 Å². The number of halogens is 1. The van der Waals surface area contributed by atoms with Gasteiger partial charge in [-0.1, -0.05) is 30.3 Å². The van der Waals surface area contributed by atoms with E-state index < -0.39 is 0 Å². The minimum atomic E-state index is -0.239. The molecule has 0 aromatic heterocycles. The van der Waals surface area contributed by atoms with Crippen LogP contribution in [0.5, 0.6) is 5.75 Å². The van der Waals surface area contributed by atoms with Crippen molar-refractivity contribution in [1.82, 2.24) is 9.80 Å². The zero-order chi connectivity index (χ0) is 17.6. The Morgan fingerprint density at radius 2 is 1.72 bits per heavy atom. The number of ether oxygens (including phenoxy) is 1. The van der Waals surface area contributed by atoms with Crippen LogP contribution in [0.1, 0.15) is 17.2 Å². The first-order chi connectivity index (χ1) is 12.2. The summed E-state index contributed by atoms with van der Waals surface area (Å²) in [7, 11) is 2.15. The van der Waals surface area contributed by atoms with Gasteiger partial charge in [-0.05, 0) is 30.8 Å². The number of hydrogen-bond acceptors (Lipinski definition) is 4. The molecule has 1 heterocycles. The highest BCUT2D eigenvalue weighted by Gasteiger charge is 2.22. The summed E-state index contributed by atoms with van der Waals surface area (Å²) in [6, 6.07) is 14.9. The average Bonchev–Trinajstić information content (AvgIpc) is 2.64. The molecule has 0 saturated carbocycles. The number of hydrogen-bond donors (Lipinski definition) is 1. The third-order valence-electron chi connectivity index (χ3n) is 4.82. The highest BCUT2D eigenvalue weighted by Crippen LogP contribution is 2.24. The predicted octanol–water partition coefficient (Wildman–Crippen LogP) is 2.65. The molecule has 4 nitrogen and oxygen atoms in total. The van der Waals surface area contributed by atoms with Gasteiger partial charge in [-0.15, -0.1) is 0 Å². The van der Waals surface area contributed by atoms with E-state index in [9.17, 15) is 4.39 Å². The Labute approximate surface area is 149 Å². The SMILES string of the molecule is CN1CCN(C(CN)c2ccc(OCc3ccccc3F)cc2)CC1. The van der Waals surface area contributed by atoms with E-state index in [0.717, 1.165) is 31.9 Å². The number of nitrogens with zero attached hydrogens (tertiary/aromatic N) is 2. The second kappa shape index (κ2) is 8.43. The Bertz CT molecular complexity index is 669. The lowest BCUT2D eigenvalue weighted by Gasteiger charge is -2.37. The van der Waals surface area contributed by atoms with E-state index in [1.54, 1.807) is 12.1 Å². The first kappa shape index (κ1) is 17.9. The molecule has 0 radical (unpaired) electrons. The summed E-state index contributed by atoms with van der Waals surface area (Å²) in [6.07, 6.45) is 0. The normalized spacial score (nSPS) is 17.4. The molecule has 2 aromatic rings. The van der Waals surface area contributed by atoms with Crippen molar-refractivity contribution >= 4 is 0 Å². The predicted molar refractivity (Wildman–Crippen MR) is 98.0 cm³/mol. The molecule has 0 aliphatic carbocycles. The van der Waals surface area contributed by atoms with Gasteiger partial charge in [0.25, 0.3) is 0 Å². The van der Waals surface area contributed by atoms with E-state index in [1.807, 2.05) is 18.2 Å². The van der Waals surface area contributed by atoms with Crippen molar-refractivity contribution in [3.05, 3.63) is 65.5 Å². The number of rotatable bonds is 6. The first-order valence-corrected chi connectivity index (χ1v) is 8.76. The Hall–Kier alpha value is -1.95. The molecule has 3 rings (SSSR count). The van der Waals surface area contributed by atoms with Crippen LogP contribution in [0.4, 0.5) is 4.39 Å². The van der Waals surface area contributed by atoms with Crippen LogP contribution < -0.4 is 10.5 Å². The Morgan fingerprint density at radius 3 is 2.36 bits per heavy atom. The smallest absolute Gasteiger partial charge is 0.129 e. The fraction of sp³-hybridized carbons (Fsp3) is 0.400. The van der Waals surface area contributed by atoms with Gasteiger partial charge in [-0.25, -0.2) is 4.39 Å². The number of nitrogens with two attached hydrogens (primary N) is 1. The van der Waals surface area contributed by atoms with Gasteiger partial charge in [-0.2, -0.15) is 0 Å². The summed E-state index contributed by atoms with van der Waals surface area (Å²) in [5, 5.41) is 0. The highest BCUT2D eigenvalue weighted by molar-refractivity contribution is 5.30. The van der Waals surface area contributed by atoms with Crippen LogP contribution in [-0.2, 0) is 6.61 Å². The molecule has 1 aliphatic rings. The Kier molecular flexibility index (Phi) is 6.02. The van der Waals surface area contributed by atoms with Crippen molar-refractivity contribution in [3.63, 3.8) is 0 Å². The summed E-state index contributed by atoms with van der Waals surface area (Å²) >= 11 is 0. The van der Waals surface area contributed by atoms with Gasteiger partial charge in [0.1, 0.15) is 18.2 Å². The van der Waals surface area contributed by atoms with Crippen LogP contribution in [-0.4, -0.2) is 49.6 Å². The number of likely N-dealkylation sites (N-methyl/N-ethyl adjacent to an activating group) is 1. The maximum Gasteiger partial charge on any atom is 0.129 e. The molecule has 25 heavy (non-hydrogen) atoms. The molecular formula is C20H26FN3O. The summed E-state index contributed by atoms with van der Waals surface area (Å²) in [5.41, 5.74) is 7.79. The van der Waals surface area contributed by atoms with Gasteiger partial charge in [0.15, 0.2) is 0 Å². The van der Waals surface area contributed by atoms with Crippen molar-refractivity contribution in [2.24, 2.45) is 5.73 Å². The van der Waals surface area contributed by atoms with Gasteiger partial charge in [0.05, 0.1) is 0 Å². The quantitative estimate of drug-likeness (QED) is 0.876. The molecule has 2 aromatic carbocycles. The largest absolute Gasteiger partial charge is 0.489 e. The third-order valence-corrected chi connectivity index (χ3v) is 4.82. The first-order valence-electron chi connectivity index (χ1n) is 8.76. The zero-order valence-electron chi connectivity index (χ0n) is 14.7. The van der Waals surface area contributed by atoms with Gasteiger partial charge < -0.3 is 15.4 Å².